The molecule has 2 heterocycles. The van der Waals surface area contributed by atoms with Crippen molar-refractivity contribution in [2.24, 2.45) is 0 Å². The lowest BCUT2D eigenvalue weighted by molar-refractivity contribution is 0.0118. The number of aromatic nitrogens is 3. The summed E-state index contributed by atoms with van der Waals surface area (Å²) in [6.45, 7) is 5.89. The lowest BCUT2D eigenvalue weighted by Gasteiger charge is -2.34. The fraction of sp³-hybridized carbons (Fsp3) is 0.471. The van der Waals surface area contributed by atoms with Gasteiger partial charge in [0.15, 0.2) is 0 Å². The topological polar surface area (TPSA) is 92.4 Å². The van der Waals surface area contributed by atoms with Crippen molar-refractivity contribution in [2.75, 3.05) is 25.1 Å². The predicted octanol–water partition coefficient (Wildman–Crippen LogP) is 2.34. The van der Waals surface area contributed by atoms with Crippen LogP contribution in [-0.4, -0.2) is 52.0 Å². The molecule has 8 nitrogen and oxygen atoms in total. The summed E-state index contributed by atoms with van der Waals surface area (Å²) in [5.74, 6) is 0.619. The van der Waals surface area contributed by atoms with Gasteiger partial charge in [-0.1, -0.05) is 12.1 Å². The van der Waals surface area contributed by atoms with E-state index in [0.717, 1.165) is 11.3 Å². The summed E-state index contributed by atoms with van der Waals surface area (Å²) in [5, 5.41) is 9.62. The van der Waals surface area contributed by atoms with Crippen molar-refractivity contribution in [1.29, 1.82) is 0 Å². The van der Waals surface area contributed by atoms with Gasteiger partial charge in [-0.2, -0.15) is 5.10 Å². The summed E-state index contributed by atoms with van der Waals surface area (Å²) in [5.41, 5.74) is 1.75. The number of nitrogens with zero attached hydrogens (tertiary/aromatic N) is 3. The van der Waals surface area contributed by atoms with E-state index in [4.69, 9.17) is 9.47 Å². The normalized spacial score (nSPS) is 17.7. The molecule has 2 aromatic rings. The minimum Gasteiger partial charge on any atom is -0.377 e. The van der Waals surface area contributed by atoms with Gasteiger partial charge in [0.05, 0.1) is 25.9 Å². The molecule has 2 N–H and O–H groups in total. The Kier molecular flexibility index (Phi) is 5.62. The molecule has 134 valence electrons. The van der Waals surface area contributed by atoms with Crippen molar-refractivity contribution in [3.63, 3.8) is 0 Å². The van der Waals surface area contributed by atoms with Crippen molar-refractivity contribution < 1.29 is 14.3 Å². The molecule has 0 radical (unpaired) electrons. The van der Waals surface area contributed by atoms with Crippen LogP contribution in [0.25, 0.3) is 0 Å². The number of morpholine rings is 1. The summed E-state index contributed by atoms with van der Waals surface area (Å²) >= 11 is 0. The van der Waals surface area contributed by atoms with E-state index in [9.17, 15) is 4.79 Å². The number of hydrogen-bond donors (Lipinski definition) is 2. The number of carbonyl (C=O) groups is 1. The number of rotatable bonds is 5. The number of hydrogen-bond acceptors (Lipinski definition) is 5. The van der Waals surface area contributed by atoms with Crippen molar-refractivity contribution >= 4 is 11.7 Å². The van der Waals surface area contributed by atoms with Crippen LogP contribution in [-0.2, 0) is 16.1 Å². The molecule has 3 rings (SSSR count). The molecule has 8 heteroatoms. The molecule has 1 aromatic heterocycles. The van der Waals surface area contributed by atoms with E-state index in [0.29, 0.717) is 32.2 Å². The van der Waals surface area contributed by atoms with Crippen LogP contribution in [0.15, 0.2) is 30.6 Å². The highest BCUT2D eigenvalue weighted by Crippen LogP contribution is 2.22. The van der Waals surface area contributed by atoms with Gasteiger partial charge in [0.1, 0.15) is 18.2 Å². The largest absolute Gasteiger partial charge is 0.377 e. The van der Waals surface area contributed by atoms with Crippen LogP contribution >= 0.6 is 0 Å². The third-order valence-electron chi connectivity index (χ3n) is 3.90. The minimum atomic E-state index is -0.274. The van der Waals surface area contributed by atoms with Crippen molar-refractivity contribution in [2.45, 2.75) is 32.6 Å². The van der Waals surface area contributed by atoms with Crippen LogP contribution in [0.1, 0.15) is 31.3 Å². The molecule has 0 spiro atoms. The molecule has 1 atom stereocenters. The van der Waals surface area contributed by atoms with Gasteiger partial charge >= 0.3 is 6.03 Å². The monoisotopic (exact) mass is 345 g/mol. The molecular formula is C17H23N5O3. The number of H-pyrrole nitrogens is 1. The zero-order valence-electron chi connectivity index (χ0n) is 14.4. The van der Waals surface area contributed by atoms with Gasteiger partial charge in [0.25, 0.3) is 0 Å². The molecule has 0 bridgehead atoms. The molecule has 1 unspecified atom stereocenters. The lowest BCUT2D eigenvalue weighted by Crippen LogP contribution is -2.45. The van der Waals surface area contributed by atoms with Crippen LogP contribution in [0.4, 0.5) is 10.5 Å². The van der Waals surface area contributed by atoms with Crippen molar-refractivity contribution in [3.8, 4) is 0 Å². The van der Waals surface area contributed by atoms with Gasteiger partial charge < -0.3 is 19.7 Å². The maximum Gasteiger partial charge on any atom is 0.322 e. The van der Waals surface area contributed by atoms with E-state index in [-0.39, 0.29) is 18.2 Å². The van der Waals surface area contributed by atoms with Gasteiger partial charge in [0, 0.05) is 12.2 Å². The highest BCUT2D eigenvalue weighted by molar-refractivity contribution is 5.89. The summed E-state index contributed by atoms with van der Waals surface area (Å²) in [4.78, 5) is 18.6. The average Bonchev–Trinajstić information content (AvgIpc) is 3.15. The van der Waals surface area contributed by atoms with Crippen molar-refractivity contribution in [3.05, 3.63) is 42.0 Å². The first-order valence-electron chi connectivity index (χ1n) is 8.34. The highest BCUT2D eigenvalue weighted by atomic mass is 16.5. The Morgan fingerprint density at radius 2 is 2.40 bits per heavy atom. The first-order chi connectivity index (χ1) is 12.1. The molecule has 1 aliphatic heterocycles. The first kappa shape index (κ1) is 17.4. The second kappa shape index (κ2) is 8.09. The van der Waals surface area contributed by atoms with Crippen LogP contribution < -0.4 is 5.32 Å². The van der Waals surface area contributed by atoms with Gasteiger partial charge in [-0.3, -0.25) is 5.10 Å². The van der Waals surface area contributed by atoms with Crippen molar-refractivity contribution in [1.82, 2.24) is 20.1 Å². The number of ether oxygens (including phenoxy) is 2. The molecular weight excluding hydrogens is 322 g/mol. The second-order valence-electron chi connectivity index (χ2n) is 6.15. The van der Waals surface area contributed by atoms with Gasteiger partial charge in [0.2, 0.25) is 0 Å². The number of benzene rings is 1. The second-order valence-corrected chi connectivity index (χ2v) is 6.15. The number of nitrogens with one attached hydrogen (secondary N) is 2. The molecule has 1 saturated heterocycles. The minimum absolute atomic E-state index is 0.161. The van der Waals surface area contributed by atoms with E-state index in [1.807, 2.05) is 38.1 Å². The van der Waals surface area contributed by atoms with Crippen LogP contribution in [0.5, 0.6) is 0 Å². The zero-order chi connectivity index (χ0) is 17.6. The highest BCUT2D eigenvalue weighted by Gasteiger charge is 2.30. The quantitative estimate of drug-likeness (QED) is 0.868. The molecule has 0 aliphatic carbocycles. The third kappa shape index (κ3) is 4.55. The van der Waals surface area contributed by atoms with E-state index in [1.165, 1.54) is 6.33 Å². The third-order valence-corrected chi connectivity index (χ3v) is 3.90. The average molecular weight is 345 g/mol. The SMILES string of the molecule is CC(C)OCc1cccc(NC(=O)N2CCOCC2c2ncn[nH]2)c1. The number of urea groups is 1. The Balaban J connectivity index is 1.67. The predicted molar refractivity (Wildman–Crippen MR) is 92.0 cm³/mol. The molecule has 25 heavy (non-hydrogen) atoms. The van der Waals surface area contributed by atoms with Crippen LogP contribution in [0.3, 0.4) is 0 Å². The van der Waals surface area contributed by atoms with Crippen LogP contribution in [0.2, 0.25) is 0 Å². The Labute approximate surface area is 146 Å². The smallest absolute Gasteiger partial charge is 0.322 e. The maximum atomic E-state index is 12.7. The van der Waals surface area contributed by atoms with E-state index in [2.05, 4.69) is 20.5 Å². The molecule has 1 fully saturated rings. The lowest BCUT2D eigenvalue weighted by atomic mass is 10.2. The Hall–Kier alpha value is -2.45. The summed E-state index contributed by atoms with van der Waals surface area (Å²) in [6, 6.07) is 7.20. The fourth-order valence-corrected chi connectivity index (χ4v) is 2.65. The maximum absolute atomic E-state index is 12.7. The Bertz CT molecular complexity index is 689. The van der Waals surface area contributed by atoms with Gasteiger partial charge in [-0.15, -0.1) is 0 Å². The first-order valence-corrected chi connectivity index (χ1v) is 8.34. The molecule has 1 aliphatic rings. The Morgan fingerprint density at radius 1 is 1.52 bits per heavy atom. The zero-order valence-corrected chi connectivity index (χ0v) is 14.4. The number of aromatic amines is 1. The van der Waals surface area contributed by atoms with Gasteiger partial charge in [-0.25, -0.2) is 9.78 Å². The summed E-state index contributed by atoms with van der Waals surface area (Å²) < 4.78 is 11.1. The van der Waals surface area contributed by atoms with Crippen LogP contribution in [0, 0.1) is 0 Å². The van der Waals surface area contributed by atoms with E-state index in [1.54, 1.807) is 4.90 Å². The number of amides is 2. The Morgan fingerprint density at radius 3 is 3.16 bits per heavy atom. The number of carbonyl (C=O) groups excluding carboxylic acids is 1. The van der Waals surface area contributed by atoms with E-state index >= 15 is 0 Å². The van der Waals surface area contributed by atoms with E-state index < -0.39 is 0 Å². The standard InChI is InChI=1S/C17H23N5O3/c1-12(2)25-9-13-4-3-5-14(8-13)20-17(23)22-6-7-24-10-15(22)16-18-11-19-21-16/h3-5,8,11-12,15H,6-7,9-10H2,1-2H3,(H,20,23)(H,18,19,21). The molecule has 1 aromatic carbocycles. The van der Waals surface area contributed by atoms with Gasteiger partial charge in [-0.05, 0) is 31.5 Å². The fourth-order valence-electron chi connectivity index (χ4n) is 2.65. The summed E-state index contributed by atoms with van der Waals surface area (Å²) in [6.07, 6.45) is 1.59. The molecule has 0 saturated carbocycles. The summed E-state index contributed by atoms with van der Waals surface area (Å²) in [7, 11) is 0. The number of anilines is 1. The molecule has 2 amide bonds.